The van der Waals surface area contributed by atoms with Gasteiger partial charge in [0.25, 0.3) is 5.91 Å². The lowest BCUT2D eigenvalue weighted by Gasteiger charge is -2.43. The molecule has 1 aromatic rings. The van der Waals surface area contributed by atoms with Crippen molar-refractivity contribution < 1.29 is 9.59 Å². The van der Waals surface area contributed by atoms with Crippen LogP contribution < -0.4 is 5.32 Å². The molecular weight excluding hydrogens is 308 g/mol. The van der Waals surface area contributed by atoms with Gasteiger partial charge in [-0.1, -0.05) is 13.0 Å². The molecule has 1 atom stereocenters. The van der Waals surface area contributed by atoms with Crippen molar-refractivity contribution in [1.82, 2.24) is 4.90 Å². The highest BCUT2D eigenvalue weighted by Gasteiger charge is 2.36. The first kappa shape index (κ1) is 16.1. The van der Waals surface area contributed by atoms with E-state index in [2.05, 4.69) is 16.8 Å². The maximum atomic E-state index is 12.9. The Kier molecular flexibility index (Phi) is 5.06. The Morgan fingerprint density at radius 2 is 2.00 bits per heavy atom. The van der Waals surface area contributed by atoms with Crippen molar-refractivity contribution in [2.75, 3.05) is 23.4 Å². The summed E-state index contributed by atoms with van der Waals surface area (Å²) in [6, 6.07) is 7.51. The van der Waals surface area contributed by atoms with Crippen molar-refractivity contribution in [2.45, 2.75) is 25.3 Å². The fourth-order valence-electron chi connectivity index (χ4n) is 3.15. The lowest BCUT2D eigenvalue weighted by Crippen LogP contribution is -2.51. The number of thioether (sulfide) groups is 1. The Labute approximate surface area is 141 Å². The second kappa shape index (κ2) is 7.21. The van der Waals surface area contributed by atoms with Gasteiger partial charge in [-0.25, -0.2) is 0 Å². The zero-order valence-electron chi connectivity index (χ0n) is 13.2. The Morgan fingerprint density at radius 3 is 2.61 bits per heavy atom. The molecule has 0 spiro atoms. The third-order valence-corrected chi connectivity index (χ3v) is 5.75. The molecule has 1 saturated carbocycles. The number of nitrogens with zero attached hydrogens (tertiary/aromatic N) is 1. The molecule has 1 aliphatic heterocycles. The second-order valence-corrected chi connectivity index (χ2v) is 7.25. The van der Waals surface area contributed by atoms with Gasteiger partial charge in [-0.3, -0.25) is 9.59 Å². The molecule has 3 rings (SSSR count). The highest BCUT2D eigenvalue weighted by Crippen LogP contribution is 2.36. The summed E-state index contributed by atoms with van der Waals surface area (Å²) in [6.07, 6.45) is 5.03. The van der Waals surface area contributed by atoms with Gasteiger partial charge < -0.3 is 10.2 Å². The Balaban J connectivity index is 1.70. The zero-order chi connectivity index (χ0) is 16.2. The molecule has 122 valence electrons. The monoisotopic (exact) mass is 330 g/mol. The van der Waals surface area contributed by atoms with Crippen LogP contribution in [0.2, 0.25) is 0 Å². The van der Waals surface area contributed by atoms with E-state index < -0.39 is 0 Å². The van der Waals surface area contributed by atoms with Crippen LogP contribution in [0.1, 0.15) is 29.6 Å². The lowest BCUT2D eigenvalue weighted by atomic mass is 9.79. The van der Waals surface area contributed by atoms with Gasteiger partial charge in [0.2, 0.25) is 5.91 Å². The molecule has 23 heavy (non-hydrogen) atoms. The first-order valence-electron chi connectivity index (χ1n) is 8.11. The molecule has 1 unspecified atom stereocenters. The van der Waals surface area contributed by atoms with E-state index in [0.29, 0.717) is 23.2 Å². The fourth-order valence-corrected chi connectivity index (χ4v) is 4.33. The van der Waals surface area contributed by atoms with E-state index in [1.165, 1.54) is 25.3 Å². The van der Waals surface area contributed by atoms with Crippen LogP contribution in [0.25, 0.3) is 0 Å². The number of hydrogen-bond donors (Lipinski definition) is 1. The lowest BCUT2D eigenvalue weighted by molar-refractivity contribution is -0.111. The van der Waals surface area contributed by atoms with Crippen LogP contribution >= 0.6 is 11.8 Å². The molecular formula is C18H22N2O2S. The van der Waals surface area contributed by atoms with E-state index in [4.69, 9.17) is 0 Å². The molecule has 5 heteroatoms. The summed E-state index contributed by atoms with van der Waals surface area (Å²) in [4.78, 5) is 26.2. The van der Waals surface area contributed by atoms with Crippen molar-refractivity contribution in [2.24, 2.45) is 5.92 Å². The van der Waals surface area contributed by atoms with Crippen molar-refractivity contribution in [3.05, 3.63) is 42.5 Å². The molecule has 1 saturated heterocycles. The largest absolute Gasteiger partial charge is 0.334 e. The summed E-state index contributed by atoms with van der Waals surface area (Å²) >= 11 is 1.96. The van der Waals surface area contributed by atoms with Gasteiger partial charge in [-0.15, -0.1) is 0 Å². The van der Waals surface area contributed by atoms with E-state index in [1.54, 1.807) is 24.3 Å². The average Bonchev–Trinajstić information content (AvgIpc) is 2.54. The Morgan fingerprint density at radius 1 is 1.26 bits per heavy atom. The van der Waals surface area contributed by atoms with Gasteiger partial charge in [0.05, 0.1) is 0 Å². The number of carbonyl (C=O) groups is 2. The standard InChI is InChI=1S/C18H22N2O2S/c1-2-17(21)19-15-8-6-14(7-9-15)18(22)20-10-11-23-12-16(20)13-4-3-5-13/h2,6-9,13,16H,1,3-5,10-12H2,(H,19,21). The molecule has 0 aromatic heterocycles. The van der Waals surface area contributed by atoms with Crippen molar-refractivity contribution in [3.8, 4) is 0 Å². The summed E-state index contributed by atoms with van der Waals surface area (Å²) < 4.78 is 0. The average molecular weight is 330 g/mol. The molecule has 1 aliphatic carbocycles. The van der Waals surface area contributed by atoms with E-state index in [1.807, 2.05) is 11.8 Å². The third kappa shape index (κ3) is 3.61. The number of hydrogen-bond acceptors (Lipinski definition) is 3. The maximum Gasteiger partial charge on any atom is 0.254 e. The van der Waals surface area contributed by atoms with Gasteiger partial charge >= 0.3 is 0 Å². The smallest absolute Gasteiger partial charge is 0.254 e. The van der Waals surface area contributed by atoms with Crippen LogP contribution in [0.3, 0.4) is 0 Å². The maximum absolute atomic E-state index is 12.9. The minimum absolute atomic E-state index is 0.115. The van der Waals surface area contributed by atoms with Gasteiger partial charge in [-0.2, -0.15) is 11.8 Å². The van der Waals surface area contributed by atoms with Crippen molar-refractivity contribution in [3.63, 3.8) is 0 Å². The SMILES string of the molecule is C=CC(=O)Nc1ccc(C(=O)N2CCSCC2C2CCC2)cc1. The Hall–Kier alpha value is -1.75. The molecule has 1 heterocycles. The highest BCUT2D eigenvalue weighted by atomic mass is 32.2. The van der Waals surface area contributed by atoms with Gasteiger partial charge in [-0.05, 0) is 49.1 Å². The molecule has 2 amide bonds. The van der Waals surface area contributed by atoms with Crippen LogP contribution in [0.15, 0.2) is 36.9 Å². The van der Waals surface area contributed by atoms with Crippen LogP contribution in [0.5, 0.6) is 0 Å². The summed E-state index contributed by atoms with van der Waals surface area (Å²) in [7, 11) is 0. The predicted octanol–water partition coefficient (Wildman–Crippen LogP) is 3.17. The first-order chi connectivity index (χ1) is 11.2. The minimum Gasteiger partial charge on any atom is -0.334 e. The van der Waals surface area contributed by atoms with Gasteiger partial charge in [0.15, 0.2) is 0 Å². The van der Waals surface area contributed by atoms with Crippen LogP contribution in [0, 0.1) is 5.92 Å². The van der Waals surface area contributed by atoms with Crippen LogP contribution in [0.4, 0.5) is 5.69 Å². The number of benzene rings is 1. The van der Waals surface area contributed by atoms with E-state index in [-0.39, 0.29) is 11.8 Å². The highest BCUT2D eigenvalue weighted by molar-refractivity contribution is 7.99. The van der Waals surface area contributed by atoms with E-state index >= 15 is 0 Å². The molecule has 1 N–H and O–H groups in total. The molecule has 1 aromatic carbocycles. The fraction of sp³-hybridized carbons (Fsp3) is 0.444. The molecule has 2 fully saturated rings. The number of anilines is 1. The molecule has 0 radical (unpaired) electrons. The van der Waals surface area contributed by atoms with Crippen LogP contribution in [-0.4, -0.2) is 40.8 Å². The van der Waals surface area contributed by atoms with Crippen molar-refractivity contribution >= 4 is 29.3 Å². The predicted molar refractivity (Wildman–Crippen MR) is 94.8 cm³/mol. The van der Waals surface area contributed by atoms with Crippen molar-refractivity contribution in [1.29, 1.82) is 0 Å². The second-order valence-electron chi connectivity index (χ2n) is 6.10. The van der Waals surface area contributed by atoms with Crippen LogP contribution in [-0.2, 0) is 4.79 Å². The van der Waals surface area contributed by atoms with Gasteiger partial charge in [0, 0.05) is 35.3 Å². The van der Waals surface area contributed by atoms with Gasteiger partial charge in [0.1, 0.15) is 0 Å². The quantitative estimate of drug-likeness (QED) is 0.863. The normalized spacial score (nSPS) is 21.4. The summed E-state index contributed by atoms with van der Waals surface area (Å²) in [5.41, 5.74) is 1.37. The number of amides is 2. The Bertz CT molecular complexity index is 596. The number of carbonyl (C=O) groups excluding carboxylic acids is 2. The zero-order valence-corrected chi connectivity index (χ0v) is 14.0. The topological polar surface area (TPSA) is 49.4 Å². The molecule has 0 bridgehead atoms. The first-order valence-corrected chi connectivity index (χ1v) is 9.26. The van der Waals surface area contributed by atoms with E-state index in [9.17, 15) is 9.59 Å². The molecule has 2 aliphatic rings. The third-order valence-electron chi connectivity index (χ3n) is 4.71. The summed E-state index contributed by atoms with van der Waals surface area (Å²) in [5, 5.41) is 2.70. The summed E-state index contributed by atoms with van der Waals surface area (Å²) in [5.74, 6) is 2.62. The van der Waals surface area contributed by atoms with E-state index in [0.717, 1.165) is 18.1 Å². The minimum atomic E-state index is -0.248. The number of nitrogens with one attached hydrogen (secondary N) is 1. The summed E-state index contributed by atoms with van der Waals surface area (Å²) in [6.45, 7) is 4.26. The molecule has 4 nitrogen and oxygen atoms in total. The number of rotatable bonds is 4.